The first kappa shape index (κ1) is 17.4. The molecule has 3 aromatic rings. The van der Waals surface area contributed by atoms with E-state index in [1.54, 1.807) is 6.08 Å². The Morgan fingerprint density at radius 1 is 1.00 bits per heavy atom. The van der Waals surface area contributed by atoms with Crippen molar-refractivity contribution in [3.8, 4) is 0 Å². The molecule has 2 aliphatic rings. The smallest absolute Gasteiger partial charge is 0.288 e. The molecule has 0 spiro atoms. The summed E-state index contributed by atoms with van der Waals surface area (Å²) in [5.41, 5.74) is 3.79. The molecule has 0 saturated heterocycles. The molecule has 5 heteroatoms. The summed E-state index contributed by atoms with van der Waals surface area (Å²) in [7, 11) is 0. The van der Waals surface area contributed by atoms with Gasteiger partial charge in [-0.25, -0.2) is 5.06 Å². The number of hydroxylamine groups is 2. The van der Waals surface area contributed by atoms with Crippen molar-refractivity contribution in [2.75, 3.05) is 0 Å². The van der Waals surface area contributed by atoms with Gasteiger partial charge in [0, 0.05) is 12.5 Å². The molecule has 0 amide bonds. The fraction of sp³-hybridized carbons (Fsp3) is 0.0833. The Morgan fingerprint density at radius 2 is 1.76 bits per heavy atom. The standard InChI is InChI=1S/C24H18N2O3/c27-25-22-13-12-17-7-2-4-11-20(17)21(22)15-24(26(28)29)23(25)14-18-9-5-8-16-6-1-3-10-19(16)18/h1-13,15,22,27H,14H2. The Balaban J connectivity index is 1.66. The lowest BCUT2D eigenvalue weighted by atomic mass is 9.85. The maximum absolute atomic E-state index is 11.9. The van der Waals surface area contributed by atoms with Crippen LogP contribution in [0.15, 0.2) is 90.3 Å². The molecule has 0 bridgehead atoms. The van der Waals surface area contributed by atoms with E-state index in [4.69, 9.17) is 0 Å². The Labute approximate surface area is 167 Å². The summed E-state index contributed by atoms with van der Waals surface area (Å²) in [5.74, 6) is 0. The van der Waals surface area contributed by atoms with Crippen LogP contribution in [0.3, 0.4) is 0 Å². The first-order valence-corrected chi connectivity index (χ1v) is 9.45. The number of allylic oxidation sites excluding steroid dienone is 2. The van der Waals surface area contributed by atoms with Gasteiger partial charge in [0.05, 0.1) is 4.92 Å². The van der Waals surface area contributed by atoms with Gasteiger partial charge in [0.1, 0.15) is 11.7 Å². The zero-order valence-electron chi connectivity index (χ0n) is 15.5. The molecule has 5 nitrogen and oxygen atoms in total. The fourth-order valence-electron chi connectivity index (χ4n) is 4.21. The normalized spacial score (nSPS) is 17.8. The van der Waals surface area contributed by atoms with Gasteiger partial charge < -0.3 is 0 Å². The third-order valence-electron chi connectivity index (χ3n) is 5.61. The van der Waals surface area contributed by atoms with Crippen LogP contribution in [-0.2, 0) is 6.42 Å². The second-order valence-electron chi connectivity index (χ2n) is 7.24. The fourth-order valence-corrected chi connectivity index (χ4v) is 4.21. The highest BCUT2D eigenvalue weighted by molar-refractivity contribution is 5.87. The highest BCUT2D eigenvalue weighted by atomic mass is 16.6. The van der Waals surface area contributed by atoms with E-state index in [1.165, 1.54) is 0 Å². The summed E-state index contributed by atoms with van der Waals surface area (Å²) in [6.07, 6.45) is 5.71. The van der Waals surface area contributed by atoms with Crippen molar-refractivity contribution in [3.63, 3.8) is 0 Å². The molecule has 1 aliphatic heterocycles. The van der Waals surface area contributed by atoms with Gasteiger partial charge >= 0.3 is 0 Å². The number of hydrogen-bond donors (Lipinski definition) is 1. The van der Waals surface area contributed by atoms with E-state index in [9.17, 15) is 15.3 Å². The quantitative estimate of drug-likeness (QED) is 0.508. The molecule has 0 saturated carbocycles. The summed E-state index contributed by atoms with van der Waals surface area (Å²) in [6, 6.07) is 21.1. The van der Waals surface area contributed by atoms with Gasteiger partial charge in [-0.3, -0.25) is 15.3 Å². The minimum atomic E-state index is -0.446. The van der Waals surface area contributed by atoms with Crippen molar-refractivity contribution in [1.82, 2.24) is 5.06 Å². The third kappa shape index (κ3) is 2.83. The van der Waals surface area contributed by atoms with E-state index in [1.807, 2.05) is 78.9 Å². The number of hydrogen-bond acceptors (Lipinski definition) is 4. The highest BCUT2D eigenvalue weighted by Gasteiger charge is 2.36. The average Bonchev–Trinajstić information content (AvgIpc) is 2.75. The predicted octanol–water partition coefficient (Wildman–Crippen LogP) is 5.05. The van der Waals surface area contributed by atoms with Crippen LogP contribution in [0.5, 0.6) is 0 Å². The van der Waals surface area contributed by atoms with Gasteiger partial charge in [-0.05, 0) is 33.0 Å². The van der Waals surface area contributed by atoms with Gasteiger partial charge in [-0.15, -0.1) is 0 Å². The predicted molar refractivity (Wildman–Crippen MR) is 113 cm³/mol. The van der Waals surface area contributed by atoms with Gasteiger partial charge in [-0.2, -0.15) is 0 Å². The molecule has 1 aliphatic carbocycles. The van der Waals surface area contributed by atoms with Crippen molar-refractivity contribution in [1.29, 1.82) is 0 Å². The largest absolute Gasteiger partial charge is 0.291 e. The average molecular weight is 382 g/mol. The zero-order chi connectivity index (χ0) is 20.0. The van der Waals surface area contributed by atoms with E-state index >= 15 is 0 Å². The molecule has 3 aromatic carbocycles. The van der Waals surface area contributed by atoms with Crippen molar-refractivity contribution >= 4 is 22.4 Å². The lowest BCUT2D eigenvalue weighted by Gasteiger charge is -2.34. The Bertz CT molecular complexity index is 1230. The van der Waals surface area contributed by atoms with Crippen LogP contribution in [0.1, 0.15) is 16.7 Å². The van der Waals surface area contributed by atoms with Crippen LogP contribution in [0.25, 0.3) is 22.4 Å². The van der Waals surface area contributed by atoms with Gasteiger partial charge in [-0.1, -0.05) is 78.9 Å². The Kier molecular flexibility index (Phi) is 4.03. The van der Waals surface area contributed by atoms with Crippen molar-refractivity contribution in [2.24, 2.45) is 0 Å². The number of benzene rings is 3. The number of rotatable bonds is 3. The second kappa shape index (κ2) is 6.72. The number of nitro groups is 1. The molecule has 1 heterocycles. The summed E-state index contributed by atoms with van der Waals surface area (Å²) in [6.45, 7) is 0. The van der Waals surface area contributed by atoms with E-state index < -0.39 is 11.0 Å². The Hall–Kier alpha value is -3.70. The second-order valence-corrected chi connectivity index (χ2v) is 7.24. The summed E-state index contributed by atoms with van der Waals surface area (Å²) in [4.78, 5) is 11.5. The molecule has 142 valence electrons. The third-order valence-corrected chi connectivity index (χ3v) is 5.61. The molecule has 29 heavy (non-hydrogen) atoms. The monoisotopic (exact) mass is 382 g/mol. The summed E-state index contributed by atoms with van der Waals surface area (Å²) in [5, 5.41) is 26.1. The van der Waals surface area contributed by atoms with Crippen LogP contribution in [-0.4, -0.2) is 21.2 Å². The molecule has 5 rings (SSSR count). The molecular weight excluding hydrogens is 364 g/mol. The minimum absolute atomic E-state index is 0.0724. The first-order valence-electron chi connectivity index (χ1n) is 9.45. The van der Waals surface area contributed by atoms with E-state index in [-0.39, 0.29) is 12.1 Å². The molecule has 0 aromatic heterocycles. The number of nitrogens with zero attached hydrogens (tertiary/aromatic N) is 2. The summed E-state index contributed by atoms with van der Waals surface area (Å²) >= 11 is 0. The molecule has 1 N–H and O–H groups in total. The molecule has 0 radical (unpaired) electrons. The summed E-state index contributed by atoms with van der Waals surface area (Å²) < 4.78 is 0. The van der Waals surface area contributed by atoms with E-state index in [0.29, 0.717) is 5.70 Å². The first-order chi connectivity index (χ1) is 14.1. The van der Waals surface area contributed by atoms with Gasteiger partial charge in [0.15, 0.2) is 0 Å². The van der Waals surface area contributed by atoms with Crippen molar-refractivity contribution in [2.45, 2.75) is 12.5 Å². The SMILES string of the molecule is O=[N+]([O-])C1=C(Cc2cccc3ccccc23)N(O)C2C=Cc3ccccc3C2=C1. The molecule has 0 fully saturated rings. The van der Waals surface area contributed by atoms with Crippen molar-refractivity contribution in [3.05, 3.63) is 117 Å². The Morgan fingerprint density at radius 3 is 2.62 bits per heavy atom. The van der Waals surface area contributed by atoms with Crippen LogP contribution in [0.4, 0.5) is 0 Å². The van der Waals surface area contributed by atoms with Crippen LogP contribution in [0.2, 0.25) is 0 Å². The van der Waals surface area contributed by atoms with Gasteiger partial charge in [0.25, 0.3) is 5.70 Å². The molecular formula is C24H18N2O3. The number of fused-ring (bicyclic) bond motifs is 4. The van der Waals surface area contributed by atoms with E-state index in [0.717, 1.165) is 38.1 Å². The lowest BCUT2D eigenvalue weighted by Crippen LogP contribution is -2.37. The lowest BCUT2D eigenvalue weighted by molar-refractivity contribution is -0.423. The highest BCUT2D eigenvalue weighted by Crippen LogP contribution is 2.39. The van der Waals surface area contributed by atoms with Gasteiger partial charge in [0.2, 0.25) is 0 Å². The zero-order valence-corrected chi connectivity index (χ0v) is 15.5. The maximum Gasteiger partial charge on any atom is 0.291 e. The maximum atomic E-state index is 11.9. The molecule has 1 atom stereocenters. The van der Waals surface area contributed by atoms with E-state index in [2.05, 4.69) is 0 Å². The van der Waals surface area contributed by atoms with Crippen LogP contribution >= 0.6 is 0 Å². The van der Waals surface area contributed by atoms with Crippen LogP contribution in [0, 0.1) is 10.1 Å². The topological polar surface area (TPSA) is 66.6 Å². The van der Waals surface area contributed by atoms with Crippen LogP contribution < -0.4 is 0 Å². The minimum Gasteiger partial charge on any atom is -0.288 e. The van der Waals surface area contributed by atoms with Crippen molar-refractivity contribution < 1.29 is 10.1 Å². The molecule has 1 unspecified atom stereocenters.